The monoisotopic (exact) mass is 428 g/mol. The number of carbonyl (C=O) groups excluding carboxylic acids is 2. The first-order valence-corrected chi connectivity index (χ1v) is 10.7. The van der Waals surface area contributed by atoms with Crippen LogP contribution in [0.3, 0.4) is 0 Å². The van der Waals surface area contributed by atoms with Gasteiger partial charge in [-0.3, -0.25) is 9.59 Å². The van der Waals surface area contributed by atoms with Gasteiger partial charge in [0.05, 0.1) is 0 Å². The third-order valence-electron chi connectivity index (χ3n) is 5.58. The third-order valence-corrected chi connectivity index (χ3v) is 5.58. The van der Waals surface area contributed by atoms with Gasteiger partial charge in [0.1, 0.15) is 17.6 Å². The van der Waals surface area contributed by atoms with Crippen molar-refractivity contribution in [1.82, 2.24) is 10.2 Å². The largest absolute Gasteiger partial charge is 0.483 e. The zero-order valence-corrected chi connectivity index (χ0v) is 19.3. The summed E-state index contributed by atoms with van der Waals surface area (Å²) in [6, 6.07) is 9.41. The lowest BCUT2D eigenvalue weighted by atomic mass is 10.1. The minimum atomic E-state index is -0.773. The summed E-state index contributed by atoms with van der Waals surface area (Å²) in [5, 5.41) is 2.90. The highest BCUT2D eigenvalue weighted by atomic mass is 19.1. The lowest BCUT2D eigenvalue weighted by molar-refractivity contribution is -0.142. The maximum atomic E-state index is 14.3. The van der Waals surface area contributed by atoms with Gasteiger partial charge in [-0.15, -0.1) is 0 Å². The Hall–Kier alpha value is -2.89. The highest BCUT2D eigenvalue weighted by Gasteiger charge is 2.28. The minimum absolute atomic E-state index is 0.0181. The van der Waals surface area contributed by atoms with Crippen molar-refractivity contribution in [2.75, 3.05) is 6.61 Å². The van der Waals surface area contributed by atoms with E-state index in [2.05, 4.69) is 11.4 Å². The highest BCUT2D eigenvalue weighted by Crippen LogP contribution is 2.23. The molecule has 5 nitrogen and oxygen atoms in total. The van der Waals surface area contributed by atoms with Crippen LogP contribution in [0.1, 0.15) is 49.4 Å². The normalized spacial score (nSPS) is 12.7. The van der Waals surface area contributed by atoms with E-state index in [9.17, 15) is 14.0 Å². The quantitative estimate of drug-likeness (QED) is 0.641. The lowest BCUT2D eigenvalue weighted by Gasteiger charge is -2.30. The summed E-state index contributed by atoms with van der Waals surface area (Å²) in [6.45, 7) is 11.2. The Kier molecular flexibility index (Phi) is 8.60. The fraction of sp³-hybridized carbons (Fsp3) is 0.440. The molecule has 0 saturated heterocycles. The molecule has 0 unspecified atom stereocenters. The molecule has 0 aliphatic rings. The van der Waals surface area contributed by atoms with Crippen LogP contribution in [0.25, 0.3) is 0 Å². The second-order valence-electron chi connectivity index (χ2n) is 8.10. The zero-order chi connectivity index (χ0) is 23.1. The first kappa shape index (κ1) is 24.4. The van der Waals surface area contributed by atoms with Gasteiger partial charge in [0.2, 0.25) is 5.91 Å². The van der Waals surface area contributed by atoms with Gasteiger partial charge in [-0.1, -0.05) is 31.2 Å². The average molecular weight is 429 g/mol. The summed E-state index contributed by atoms with van der Waals surface area (Å²) in [5.74, 6) is -0.440. The standard InChI is InChI=1S/C25H33FN2O3/c1-7-18(4)27-25(30)20(6)28(14-21-10-8-9-11-22(21)26)24(29)15-31-23-13-16(2)12-17(3)19(23)5/h8-13,18,20H,7,14-15H2,1-6H3,(H,27,30)/t18-,20-/m0/s1. The van der Waals surface area contributed by atoms with Gasteiger partial charge >= 0.3 is 0 Å². The maximum absolute atomic E-state index is 14.3. The van der Waals surface area contributed by atoms with Crippen LogP contribution in [-0.2, 0) is 16.1 Å². The first-order valence-electron chi connectivity index (χ1n) is 10.7. The topological polar surface area (TPSA) is 58.6 Å². The van der Waals surface area contributed by atoms with E-state index in [0.717, 1.165) is 23.1 Å². The van der Waals surface area contributed by atoms with Crippen molar-refractivity contribution in [1.29, 1.82) is 0 Å². The van der Waals surface area contributed by atoms with Crippen LogP contribution in [0.5, 0.6) is 5.75 Å². The van der Waals surface area contributed by atoms with Gasteiger partial charge in [0, 0.05) is 18.2 Å². The maximum Gasteiger partial charge on any atom is 0.261 e. The molecule has 2 aromatic rings. The number of hydrogen-bond acceptors (Lipinski definition) is 3. The summed E-state index contributed by atoms with van der Waals surface area (Å²) in [5.41, 5.74) is 3.42. The average Bonchev–Trinajstić information content (AvgIpc) is 2.73. The van der Waals surface area contributed by atoms with E-state index in [0.29, 0.717) is 11.3 Å². The zero-order valence-electron chi connectivity index (χ0n) is 19.3. The Labute approximate surface area is 184 Å². The molecule has 0 fully saturated rings. The van der Waals surface area contributed by atoms with Crippen LogP contribution in [0.2, 0.25) is 0 Å². The summed E-state index contributed by atoms with van der Waals surface area (Å²) in [6.07, 6.45) is 0.773. The fourth-order valence-electron chi connectivity index (χ4n) is 3.23. The van der Waals surface area contributed by atoms with Crippen LogP contribution in [0.15, 0.2) is 36.4 Å². The van der Waals surface area contributed by atoms with Crippen molar-refractivity contribution in [2.24, 2.45) is 0 Å². The van der Waals surface area contributed by atoms with Gasteiger partial charge in [0.25, 0.3) is 5.91 Å². The molecule has 2 atom stereocenters. The van der Waals surface area contributed by atoms with Crippen molar-refractivity contribution < 1.29 is 18.7 Å². The van der Waals surface area contributed by atoms with Crippen LogP contribution in [0, 0.1) is 26.6 Å². The molecule has 0 aliphatic carbocycles. The Morgan fingerprint density at radius 3 is 2.45 bits per heavy atom. The molecule has 1 N–H and O–H groups in total. The van der Waals surface area contributed by atoms with Gasteiger partial charge in [-0.25, -0.2) is 4.39 Å². The number of nitrogens with one attached hydrogen (secondary N) is 1. The smallest absolute Gasteiger partial charge is 0.261 e. The second-order valence-corrected chi connectivity index (χ2v) is 8.10. The molecule has 2 aromatic carbocycles. The number of halogens is 1. The van der Waals surface area contributed by atoms with E-state index >= 15 is 0 Å². The van der Waals surface area contributed by atoms with Crippen LogP contribution in [0.4, 0.5) is 4.39 Å². The van der Waals surface area contributed by atoms with Crippen LogP contribution in [-0.4, -0.2) is 35.4 Å². The Balaban J connectivity index is 2.23. The molecule has 168 valence electrons. The van der Waals surface area contributed by atoms with E-state index in [1.165, 1.54) is 11.0 Å². The molecule has 0 spiro atoms. The molecule has 0 radical (unpaired) electrons. The van der Waals surface area contributed by atoms with Crippen molar-refractivity contribution in [2.45, 2.75) is 66.6 Å². The molecule has 2 rings (SSSR count). The lowest BCUT2D eigenvalue weighted by Crippen LogP contribution is -2.50. The Bertz CT molecular complexity index is 929. The van der Waals surface area contributed by atoms with E-state index in [1.54, 1.807) is 25.1 Å². The first-order chi connectivity index (χ1) is 14.6. The molecule has 6 heteroatoms. The fourth-order valence-corrected chi connectivity index (χ4v) is 3.23. The van der Waals surface area contributed by atoms with Crippen LogP contribution >= 0.6 is 0 Å². The molecule has 0 aliphatic heterocycles. The molecule has 0 aromatic heterocycles. The second kappa shape index (κ2) is 10.9. The molecule has 0 heterocycles. The predicted molar refractivity (Wildman–Crippen MR) is 120 cm³/mol. The summed E-state index contributed by atoms with van der Waals surface area (Å²) >= 11 is 0. The molecule has 0 saturated carbocycles. The number of hydrogen-bond donors (Lipinski definition) is 1. The molecule has 0 bridgehead atoms. The van der Waals surface area contributed by atoms with Crippen molar-refractivity contribution in [3.63, 3.8) is 0 Å². The number of carbonyl (C=O) groups is 2. The number of aryl methyl sites for hydroxylation is 2. The Morgan fingerprint density at radius 1 is 1.13 bits per heavy atom. The number of ether oxygens (including phenoxy) is 1. The van der Waals surface area contributed by atoms with Crippen molar-refractivity contribution >= 4 is 11.8 Å². The molecular weight excluding hydrogens is 395 g/mol. The van der Waals surface area contributed by atoms with E-state index < -0.39 is 11.9 Å². The van der Waals surface area contributed by atoms with E-state index in [4.69, 9.17) is 4.74 Å². The van der Waals surface area contributed by atoms with E-state index in [-0.39, 0.29) is 31.0 Å². The highest BCUT2D eigenvalue weighted by molar-refractivity contribution is 5.88. The summed E-state index contributed by atoms with van der Waals surface area (Å²) < 4.78 is 20.1. The number of rotatable bonds is 9. The van der Waals surface area contributed by atoms with Gasteiger partial charge in [-0.2, -0.15) is 0 Å². The van der Waals surface area contributed by atoms with Gasteiger partial charge in [-0.05, 0) is 69.9 Å². The summed E-state index contributed by atoms with van der Waals surface area (Å²) in [4.78, 5) is 27.2. The summed E-state index contributed by atoms with van der Waals surface area (Å²) in [7, 11) is 0. The van der Waals surface area contributed by atoms with E-state index in [1.807, 2.05) is 40.7 Å². The van der Waals surface area contributed by atoms with Crippen molar-refractivity contribution in [3.8, 4) is 5.75 Å². The van der Waals surface area contributed by atoms with Crippen molar-refractivity contribution in [3.05, 3.63) is 64.5 Å². The molecular formula is C25H33FN2O3. The van der Waals surface area contributed by atoms with Gasteiger partial charge in [0.15, 0.2) is 6.61 Å². The third kappa shape index (κ3) is 6.54. The number of benzene rings is 2. The Morgan fingerprint density at radius 2 is 1.81 bits per heavy atom. The van der Waals surface area contributed by atoms with Crippen LogP contribution < -0.4 is 10.1 Å². The SMILES string of the molecule is CC[C@H](C)NC(=O)[C@H](C)N(Cc1ccccc1F)C(=O)COc1cc(C)cc(C)c1C. The molecule has 31 heavy (non-hydrogen) atoms. The number of amides is 2. The minimum Gasteiger partial charge on any atom is -0.483 e. The molecule has 2 amide bonds. The van der Waals surface area contributed by atoms with Gasteiger partial charge < -0.3 is 15.0 Å². The number of nitrogens with zero attached hydrogens (tertiary/aromatic N) is 1. The predicted octanol–water partition coefficient (Wildman–Crippen LogP) is 4.46.